The molecule has 0 spiro atoms. The van der Waals surface area contributed by atoms with Gasteiger partial charge in [0.2, 0.25) is 0 Å². The molecule has 0 saturated carbocycles. The second-order valence-corrected chi connectivity index (χ2v) is 8.19. The zero-order valence-electron chi connectivity index (χ0n) is 13.4. The Morgan fingerprint density at radius 3 is 3.12 bits per heavy atom. The first-order chi connectivity index (χ1) is 12.3. The highest BCUT2D eigenvalue weighted by Gasteiger charge is 2.24. The topological polar surface area (TPSA) is 77.8 Å². The molecule has 4 heterocycles. The summed E-state index contributed by atoms with van der Waals surface area (Å²) in [6.45, 7) is 2.31. The zero-order valence-corrected chi connectivity index (χ0v) is 15.1. The number of furan rings is 1. The number of thiophene rings is 1. The molecule has 0 unspecified atom stereocenters. The molecule has 0 aliphatic heterocycles. The predicted octanol–water partition coefficient (Wildman–Crippen LogP) is 4.61. The van der Waals surface area contributed by atoms with E-state index in [1.807, 2.05) is 0 Å². The molecule has 0 fully saturated rings. The molecule has 5 rings (SSSR count). The van der Waals surface area contributed by atoms with Gasteiger partial charge in [0.1, 0.15) is 16.2 Å². The third-order valence-corrected chi connectivity index (χ3v) is 6.38. The highest BCUT2D eigenvalue weighted by Crippen LogP contribution is 2.42. The van der Waals surface area contributed by atoms with Crippen molar-refractivity contribution in [2.75, 3.05) is 0 Å². The Balaban J connectivity index is 1.53. The van der Waals surface area contributed by atoms with Gasteiger partial charge in [0.05, 0.1) is 6.26 Å². The van der Waals surface area contributed by atoms with Crippen LogP contribution in [0.3, 0.4) is 0 Å². The van der Waals surface area contributed by atoms with Crippen molar-refractivity contribution in [3.8, 4) is 11.7 Å². The summed E-state index contributed by atoms with van der Waals surface area (Å²) in [7, 11) is 0. The quantitative estimate of drug-likeness (QED) is 0.487. The Morgan fingerprint density at radius 2 is 2.24 bits per heavy atom. The minimum Gasteiger partial charge on any atom is -0.459 e. The Kier molecular flexibility index (Phi) is 3.60. The van der Waals surface area contributed by atoms with Crippen LogP contribution in [0.4, 0.5) is 0 Å². The van der Waals surface area contributed by atoms with Gasteiger partial charge in [-0.25, -0.2) is 9.97 Å². The van der Waals surface area contributed by atoms with Crippen LogP contribution < -0.4 is 0 Å². The second-order valence-electron chi connectivity index (χ2n) is 6.16. The molecule has 0 radical (unpaired) electrons. The van der Waals surface area contributed by atoms with Crippen LogP contribution in [-0.4, -0.2) is 20.2 Å². The van der Waals surface area contributed by atoms with Crippen molar-refractivity contribution in [3.63, 3.8) is 0 Å². The summed E-state index contributed by atoms with van der Waals surface area (Å²) in [5.74, 6) is 1.67. The van der Waals surface area contributed by atoms with E-state index in [0.29, 0.717) is 16.9 Å². The van der Waals surface area contributed by atoms with E-state index in [9.17, 15) is 0 Å². The van der Waals surface area contributed by atoms with Crippen LogP contribution in [0.5, 0.6) is 0 Å². The highest BCUT2D eigenvalue weighted by molar-refractivity contribution is 7.99. The van der Waals surface area contributed by atoms with Gasteiger partial charge in [-0.05, 0) is 54.6 Å². The van der Waals surface area contributed by atoms with Crippen molar-refractivity contribution in [3.05, 3.63) is 35.2 Å². The van der Waals surface area contributed by atoms with Crippen LogP contribution in [0.2, 0.25) is 0 Å². The summed E-state index contributed by atoms with van der Waals surface area (Å²) in [4.78, 5) is 11.4. The first-order valence-corrected chi connectivity index (χ1v) is 9.71. The van der Waals surface area contributed by atoms with Crippen molar-refractivity contribution >= 4 is 33.3 Å². The summed E-state index contributed by atoms with van der Waals surface area (Å²) < 4.78 is 11.0. The number of aromatic nitrogens is 4. The number of nitrogens with zero attached hydrogens (tertiary/aromatic N) is 4. The third kappa shape index (κ3) is 2.65. The molecule has 126 valence electrons. The van der Waals surface area contributed by atoms with Gasteiger partial charge < -0.3 is 8.83 Å². The van der Waals surface area contributed by atoms with E-state index in [-0.39, 0.29) is 0 Å². The van der Waals surface area contributed by atoms with Gasteiger partial charge in [-0.1, -0.05) is 6.92 Å². The van der Waals surface area contributed by atoms with Gasteiger partial charge in [-0.15, -0.1) is 21.5 Å². The Morgan fingerprint density at radius 1 is 1.28 bits per heavy atom. The van der Waals surface area contributed by atoms with E-state index in [1.54, 1.807) is 36.1 Å². The fraction of sp³-hybridized carbons (Fsp3) is 0.294. The van der Waals surface area contributed by atoms with Gasteiger partial charge in [-0.2, -0.15) is 0 Å². The number of hydrogen-bond acceptors (Lipinski definition) is 8. The molecule has 1 aliphatic carbocycles. The average molecular weight is 370 g/mol. The zero-order chi connectivity index (χ0) is 16.8. The first kappa shape index (κ1) is 15.1. The lowest BCUT2D eigenvalue weighted by Gasteiger charge is -2.17. The summed E-state index contributed by atoms with van der Waals surface area (Å²) in [6, 6.07) is 3.58. The van der Waals surface area contributed by atoms with Crippen LogP contribution in [0.25, 0.3) is 21.9 Å². The van der Waals surface area contributed by atoms with Crippen molar-refractivity contribution in [1.82, 2.24) is 20.2 Å². The van der Waals surface area contributed by atoms with Crippen LogP contribution in [0.1, 0.15) is 23.8 Å². The van der Waals surface area contributed by atoms with Crippen LogP contribution >= 0.6 is 23.1 Å². The fourth-order valence-corrected chi connectivity index (χ4v) is 5.36. The molecular weight excluding hydrogens is 356 g/mol. The molecular formula is C17H14N4O2S2. The van der Waals surface area contributed by atoms with E-state index in [2.05, 4.69) is 27.1 Å². The smallest absolute Gasteiger partial charge is 0.284 e. The van der Waals surface area contributed by atoms with Gasteiger partial charge >= 0.3 is 0 Å². The summed E-state index contributed by atoms with van der Waals surface area (Å²) >= 11 is 3.17. The van der Waals surface area contributed by atoms with E-state index >= 15 is 0 Å². The Bertz CT molecular complexity index is 1040. The molecule has 4 aromatic heterocycles. The van der Waals surface area contributed by atoms with Gasteiger partial charge in [0.15, 0.2) is 5.76 Å². The van der Waals surface area contributed by atoms with Crippen molar-refractivity contribution in [2.24, 2.45) is 5.92 Å². The van der Waals surface area contributed by atoms with Crippen LogP contribution in [0, 0.1) is 5.92 Å². The molecule has 0 N–H and O–H groups in total. The maximum absolute atomic E-state index is 5.71. The fourth-order valence-electron chi connectivity index (χ4n) is 3.16. The molecule has 0 saturated heterocycles. The molecule has 1 atom stereocenters. The van der Waals surface area contributed by atoms with Crippen molar-refractivity contribution < 1.29 is 8.83 Å². The standard InChI is InChI=1S/C17H14N4O2S2/c1-9-4-5-10-12(7-9)24-15-13(10)16(19-8-18-15)25-17-21-20-14(23-17)11-3-2-6-22-11/h2-3,6,8-9H,4-5,7H2,1H3/t9-/m1/s1. The SMILES string of the molecule is C[C@@H]1CCc2c(sc3ncnc(Sc4nnc(-c5ccco5)o4)c23)C1. The predicted molar refractivity (Wildman–Crippen MR) is 94.7 cm³/mol. The average Bonchev–Trinajstić information content (AvgIpc) is 3.33. The number of rotatable bonds is 3. The monoisotopic (exact) mass is 370 g/mol. The molecule has 8 heteroatoms. The second kappa shape index (κ2) is 5.96. The maximum Gasteiger partial charge on any atom is 0.284 e. The first-order valence-electron chi connectivity index (χ1n) is 8.08. The van der Waals surface area contributed by atoms with Crippen LogP contribution in [0.15, 0.2) is 43.8 Å². The van der Waals surface area contributed by atoms with E-state index in [4.69, 9.17) is 8.83 Å². The van der Waals surface area contributed by atoms with E-state index in [1.165, 1.54) is 28.6 Å². The molecule has 4 aromatic rings. The Labute approximate surface area is 151 Å². The molecule has 0 bridgehead atoms. The lowest BCUT2D eigenvalue weighted by atomic mass is 9.89. The van der Waals surface area contributed by atoms with Gasteiger partial charge in [0.25, 0.3) is 11.1 Å². The molecule has 1 aliphatic rings. The number of aryl methyl sites for hydroxylation is 1. The summed E-state index contributed by atoms with van der Waals surface area (Å²) in [5.41, 5.74) is 1.40. The number of hydrogen-bond donors (Lipinski definition) is 0. The molecule has 0 aromatic carbocycles. The minimum absolute atomic E-state index is 0.374. The molecule has 6 nitrogen and oxygen atoms in total. The number of fused-ring (bicyclic) bond motifs is 3. The lowest BCUT2D eigenvalue weighted by molar-refractivity contribution is 0.447. The van der Waals surface area contributed by atoms with Crippen molar-refractivity contribution in [2.45, 2.75) is 36.4 Å². The van der Waals surface area contributed by atoms with Gasteiger partial charge in [0, 0.05) is 10.3 Å². The van der Waals surface area contributed by atoms with E-state index in [0.717, 1.165) is 34.0 Å². The lowest BCUT2D eigenvalue weighted by Crippen LogP contribution is -2.08. The minimum atomic E-state index is 0.374. The summed E-state index contributed by atoms with van der Waals surface area (Å²) in [6.07, 6.45) is 6.61. The highest BCUT2D eigenvalue weighted by atomic mass is 32.2. The molecule has 0 amide bonds. The van der Waals surface area contributed by atoms with E-state index < -0.39 is 0 Å². The van der Waals surface area contributed by atoms with Crippen molar-refractivity contribution in [1.29, 1.82) is 0 Å². The molecule has 25 heavy (non-hydrogen) atoms. The maximum atomic E-state index is 5.71. The Hall–Kier alpha value is -2.19. The third-order valence-electron chi connectivity index (χ3n) is 4.38. The summed E-state index contributed by atoms with van der Waals surface area (Å²) in [5, 5.41) is 10.6. The van der Waals surface area contributed by atoms with Crippen LogP contribution in [-0.2, 0) is 12.8 Å². The largest absolute Gasteiger partial charge is 0.459 e. The normalized spacial score (nSPS) is 17.1. The van der Waals surface area contributed by atoms with Gasteiger partial charge in [-0.3, -0.25) is 0 Å².